The van der Waals surface area contributed by atoms with Crippen LogP contribution in [0.5, 0.6) is 11.5 Å². The fourth-order valence-corrected chi connectivity index (χ4v) is 2.42. The SMILES string of the molecule is ClC1C=C(c2ccc3c(c2)OCCO3)CC1. The molecule has 1 heterocycles. The fourth-order valence-electron chi connectivity index (χ4n) is 2.16. The number of alkyl halides is 1. The largest absolute Gasteiger partial charge is 0.486 e. The molecule has 16 heavy (non-hydrogen) atoms. The van der Waals surface area contributed by atoms with Crippen LogP contribution in [-0.4, -0.2) is 18.6 Å². The van der Waals surface area contributed by atoms with E-state index in [1.807, 2.05) is 6.07 Å². The van der Waals surface area contributed by atoms with Gasteiger partial charge in [-0.05, 0) is 36.1 Å². The van der Waals surface area contributed by atoms with Crippen molar-refractivity contribution >= 4 is 17.2 Å². The van der Waals surface area contributed by atoms with E-state index in [0.29, 0.717) is 13.2 Å². The van der Waals surface area contributed by atoms with Crippen molar-refractivity contribution in [2.24, 2.45) is 0 Å². The van der Waals surface area contributed by atoms with Gasteiger partial charge in [0.1, 0.15) is 13.2 Å². The van der Waals surface area contributed by atoms with Gasteiger partial charge in [0.25, 0.3) is 0 Å². The lowest BCUT2D eigenvalue weighted by atomic mass is 10.0. The highest BCUT2D eigenvalue weighted by Gasteiger charge is 2.17. The molecule has 0 N–H and O–H groups in total. The highest BCUT2D eigenvalue weighted by atomic mass is 35.5. The second kappa shape index (κ2) is 4.02. The Bertz CT molecular complexity index is 440. The van der Waals surface area contributed by atoms with E-state index in [9.17, 15) is 0 Å². The van der Waals surface area contributed by atoms with Crippen LogP contribution in [0.2, 0.25) is 0 Å². The molecule has 1 aliphatic carbocycles. The Balaban J connectivity index is 1.94. The third-order valence-electron chi connectivity index (χ3n) is 2.98. The third-order valence-corrected chi connectivity index (χ3v) is 3.33. The standard InChI is InChI=1S/C13H13ClO2/c14-11-3-1-9(7-11)10-2-4-12-13(8-10)16-6-5-15-12/h2,4,7-8,11H,1,3,5-6H2. The molecule has 0 radical (unpaired) electrons. The highest BCUT2D eigenvalue weighted by Crippen LogP contribution is 2.36. The molecule has 0 saturated heterocycles. The van der Waals surface area contributed by atoms with Gasteiger partial charge in [0.05, 0.1) is 5.38 Å². The topological polar surface area (TPSA) is 18.5 Å². The molecule has 0 fully saturated rings. The van der Waals surface area contributed by atoms with E-state index in [0.717, 1.165) is 24.3 Å². The van der Waals surface area contributed by atoms with Crippen molar-refractivity contribution in [3.63, 3.8) is 0 Å². The first kappa shape index (κ1) is 10.0. The lowest BCUT2D eigenvalue weighted by Crippen LogP contribution is -2.15. The van der Waals surface area contributed by atoms with Gasteiger partial charge in [0.2, 0.25) is 0 Å². The molecule has 0 saturated carbocycles. The van der Waals surface area contributed by atoms with E-state index < -0.39 is 0 Å². The smallest absolute Gasteiger partial charge is 0.161 e. The Labute approximate surface area is 99.8 Å². The van der Waals surface area contributed by atoms with Crippen LogP contribution in [0.4, 0.5) is 0 Å². The van der Waals surface area contributed by atoms with Gasteiger partial charge in [-0.1, -0.05) is 12.1 Å². The van der Waals surface area contributed by atoms with Crippen LogP contribution in [0.25, 0.3) is 5.57 Å². The number of hydrogen-bond acceptors (Lipinski definition) is 2. The molecule has 1 aliphatic heterocycles. The van der Waals surface area contributed by atoms with E-state index in [4.69, 9.17) is 21.1 Å². The monoisotopic (exact) mass is 236 g/mol. The molecule has 1 aromatic carbocycles. The van der Waals surface area contributed by atoms with Crippen LogP contribution >= 0.6 is 11.6 Å². The van der Waals surface area contributed by atoms with E-state index >= 15 is 0 Å². The number of rotatable bonds is 1. The molecular formula is C13H13ClO2. The van der Waals surface area contributed by atoms with Crippen molar-refractivity contribution in [2.45, 2.75) is 18.2 Å². The van der Waals surface area contributed by atoms with Gasteiger partial charge in [-0.3, -0.25) is 0 Å². The Morgan fingerprint density at radius 3 is 2.69 bits per heavy atom. The van der Waals surface area contributed by atoms with Gasteiger partial charge in [-0.25, -0.2) is 0 Å². The summed E-state index contributed by atoms with van der Waals surface area (Å²) in [7, 11) is 0. The summed E-state index contributed by atoms with van der Waals surface area (Å²) in [6, 6.07) is 6.11. The fraction of sp³-hybridized carbons (Fsp3) is 0.385. The lowest BCUT2D eigenvalue weighted by molar-refractivity contribution is 0.171. The summed E-state index contributed by atoms with van der Waals surface area (Å²) in [5, 5.41) is 0.184. The first-order chi connectivity index (χ1) is 7.83. The molecule has 0 spiro atoms. The van der Waals surface area contributed by atoms with Crippen molar-refractivity contribution in [3.05, 3.63) is 29.8 Å². The van der Waals surface area contributed by atoms with Crippen molar-refractivity contribution in [1.29, 1.82) is 0 Å². The Morgan fingerprint density at radius 1 is 1.12 bits per heavy atom. The second-order valence-electron chi connectivity index (χ2n) is 4.11. The average molecular weight is 237 g/mol. The Kier molecular flexibility index (Phi) is 2.52. The molecule has 3 rings (SSSR count). The lowest BCUT2D eigenvalue weighted by Gasteiger charge is -2.19. The van der Waals surface area contributed by atoms with Crippen LogP contribution in [0.1, 0.15) is 18.4 Å². The van der Waals surface area contributed by atoms with Crippen LogP contribution in [0, 0.1) is 0 Å². The molecule has 1 unspecified atom stereocenters. The van der Waals surface area contributed by atoms with E-state index in [1.165, 1.54) is 11.1 Å². The summed E-state index contributed by atoms with van der Waals surface area (Å²) in [5.74, 6) is 1.69. The zero-order chi connectivity index (χ0) is 11.0. The number of benzene rings is 1. The maximum absolute atomic E-state index is 6.07. The van der Waals surface area contributed by atoms with Crippen molar-refractivity contribution in [1.82, 2.24) is 0 Å². The van der Waals surface area contributed by atoms with Crippen molar-refractivity contribution in [2.75, 3.05) is 13.2 Å². The zero-order valence-electron chi connectivity index (χ0n) is 8.91. The van der Waals surface area contributed by atoms with Gasteiger partial charge in [-0.15, -0.1) is 11.6 Å². The molecule has 1 aromatic rings. The molecule has 2 aliphatic rings. The normalized spacial score (nSPS) is 23.1. The second-order valence-corrected chi connectivity index (χ2v) is 4.67. The average Bonchev–Trinajstić information content (AvgIpc) is 2.75. The van der Waals surface area contributed by atoms with E-state index in [2.05, 4.69) is 18.2 Å². The van der Waals surface area contributed by atoms with Crippen LogP contribution in [0.3, 0.4) is 0 Å². The summed E-state index contributed by atoms with van der Waals surface area (Å²) in [6.07, 6.45) is 4.21. The molecule has 1 atom stereocenters. The van der Waals surface area contributed by atoms with Gasteiger partial charge in [0, 0.05) is 0 Å². The minimum atomic E-state index is 0.184. The van der Waals surface area contributed by atoms with Gasteiger partial charge in [0.15, 0.2) is 11.5 Å². The molecule has 3 heteroatoms. The number of allylic oxidation sites excluding steroid dienone is 2. The van der Waals surface area contributed by atoms with Gasteiger partial charge < -0.3 is 9.47 Å². The van der Waals surface area contributed by atoms with E-state index in [-0.39, 0.29) is 5.38 Å². The maximum atomic E-state index is 6.07. The van der Waals surface area contributed by atoms with Gasteiger partial charge in [-0.2, -0.15) is 0 Å². The predicted octanol–water partition coefficient (Wildman–Crippen LogP) is 3.24. The summed E-state index contributed by atoms with van der Waals surface area (Å²) >= 11 is 6.07. The first-order valence-corrected chi connectivity index (χ1v) is 6.01. The van der Waals surface area contributed by atoms with E-state index in [1.54, 1.807) is 0 Å². The Morgan fingerprint density at radius 2 is 1.94 bits per heavy atom. The third kappa shape index (κ3) is 1.78. The summed E-state index contributed by atoms with van der Waals surface area (Å²) in [5.41, 5.74) is 2.52. The highest BCUT2D eigenvalue weighted by molar-refractivity contribution is 6.22. The van der Waals surface area contributed by atoms with Crippen molar-refractivity contribution in [3.8, 4) is 11.5 Å². The number of halogens is 1. The first-order valence-electron chi connectivity index (χ1n) is 5.58. The molecular weight excluding hydrogens is 224 g/mol. The maximum Gasteiger partial charge on any atom is 0.161 e. The van der Waals surface area contributed by atoms with Gasteiger partial charge >= 0.3 is 0 Å². The van der Waals surface area contributed by atoms with Crippen molar-refractivity contribution < 1.29 is 9.47 Å². The number of hydrogen-bond donors (Lipinski definition) is 0. The quantitative estimate of drug-likeness (QED) is 0.697. The zero-order valence-corrected chi connectivity index (χ0v) is 9.67. The number of fused-ring (bicyclic) bond motifs is 1. The van der Waals surface area contributed by atoms with Crippen LogP contribution in [-0.2, 0) is 0 Å². The predicted molar refractivity (Wildman–Crippen MR) is 64.3 cm³/mol. The molecule has 84 valence electrons. The molecule has 0 aromatic heterocycles. The minimum absolute atomic E-state index is 0.184. The molecule has 0 bridgehead atoms. The summed E-state index contributed by atoms with van der Waals surface area (Å²) in [4.78, 5) is 0. The minimum Gasteiger partial charge on any atom is -0.486 e. The summed E-state index contributed by atoms with van der Waals surface area (Å²) < 4.78 is 11.1. The number of ether oxygens (including phenoxy) is 2. The molecule has 0 amide bonds. The molecule has 2 nitrogen and oxygen atoms in total. The van der Waals surface area contributed by atoms with Crippen LogP contribution < -0.4 is 9.47 Å². The Hall–Kier alpha value is -1.15. The van der Waals surface area contributed by atoms with Crippen LogP contribution in [0.15, 0.2) is 24.3 Å². The summed E-state index contributed by atoms with van der Waals surface area (Å²) in [6.45, 7) is 1.27.